The van der Waals surface area contributed by atoms with E-state index in [0.29, 0.717) is 129 Å². The monoisotopic (exact) mass is 718 g/mol. The summed E-state index contributed by atoms with van der Waals surface area (Å²) in [7, 11) is 0. The van der Waals surface area contributed by atoms with Crippen LogP contribution in [-0.2, 0) is 38.1 Å². The maximum atomic E-state index is 12.3. The van der Waals surface area contributed by atoms with Crippen LogP contribution in [0.25, 0.3) is 0 Å². The van der Waals surface area contributed by atoms with Crippen LogP contribution in [0.3, 0.4) is 0 Å². The number of nitrogens with two attached hydrogens (primary N) is 2. The van der Waals surface area contributed by atoms with E-state index in [1.54, 1.807) is 0 Å². The van der Waals surface area contributed by atoms with Gasteiger partial charge in [-0.1, -0.05) is 0 Å². The molecule has 0 fully saturated rings. The van der Waals surface area contributed by atoms with Gasteiger partial charge in [-0.15, -0.1) is 0 Å². The van der Waals surface area contributed by atoms with Gasteiger partial charge in [-0.3, -0.25) is 19.2 Å². The van der Waals surface area contributed by atoms with Gasteiger partial charge in [-0.2, -0.15) is 0 Å². The fourth-order valence-electron chi connectivity index (χ4n) is 4.97. The number of rotatable bonds is 36. The highest BCUT2D eigenvalue weighted by atomic mass is 16.5. The zero-order valence-corrected chi connectivity index (χ0v) is 31.3. The molecule has 0 heterocycles. The molecule has 50 heavy (non-hydrogen) atoms. The fraction of sp³-hybridized carbons (Fsp3) is 0.889. The van der Waals surface area contributed by atoms with E-state index in [9.17, 15) is 19.2 Å². The summed E-state index contributed by atoms with van der Waals surface area (Å²) in [5, 5.41) is 15.7. The Morgan fingerprint density at radius 2 is 0.920 bits per heavy atom. The van der Waals surface area contributed by atoms with Gasteiger partial charge < -0.3 is 51.1 Å². The maximum Gasteiger partial charge on any atom is 0.307 e. The molecular weight excluding hydrogens is 646 g/mol. The Hall–Kier alpha value is -2.36. The van der Waals surface area contributed by atoms with Gasteiger partial charge in [0, 0.05) is 44.9 Å². The Morgan fingerprint density at radius 1 is 0.540 bits per heavy atom. The highest BCUT2D eigenvalue weighted by Crippen LogP contribution is 2.05. The number of unbranched alkanes of at least 4 members (excludes halogenated alkanes) is 5. The molecule has 0 radical (unpaired) electrons. The number of aliphatic hydroxyl groups excluding tert-OH is 1. The van der Waals surface area contributed by atoms with Gasteiger partial charge in [0.2, 0.25) is 0 Å². The molecule has 0 rings (SSSR count). The molecule has 294 valence electrons. The topological polar surface area (TPSA) is 205 Å². The average Bonchev–Trinajstić information content (AvgIpc) is 3.09. The second-order valence-electron chi connectivity index (χ2n) is 12.8. The second-order valence-corrected chi connectivity index (χ2v) is 12.8. The van der Waals surface area contributed by atoms with Gasteiger partial charge in [0.1, 0.15) is 0 Å². The number of aliphatic hydroxyl groups is 1. The average molecular weight is 718 g/mol. The molecule has 0 aliphatic heterocycles. The van der Waals surface area contributed by atoms with Crippen LogP contribution in [0.15, 0.2) is 0 Å². The van der Waals surface area contributed by atoms with Crippen LogP contribution < -0.4 is 22.1 Å². The number of hydrogen-bond donors (Lipinski definition) is 5. The Morgan fingerprint density at radius 3 is 1.28 bits per heavy atom. The molecule has 2 atom stereocenters. The lowest BCUT2D eigenvalue weighted by Gasteiger charge is -2.21. The summed E-state index contributed by atoms with van der Waals surface area (Å²) < 4.78 is 21.3. The quantitative estimate of drug-likeness (QED) is 0.0359. The Kier molecular flexibility index (Phi) is 33.4. The molecule has 0 amide bonds. The van der Waals surface area contributed by atoms with Gasteiger partial charge in [-0.05, 0) is 111 Å². The highest BCUT2D eigenvalue weighted by molar-refractivity contribution is 5.70. The van der Waals surface area contributed by atoms with Crippen LogP contribution >= 0.6 is 0 Å². The summed E-state index contributed by atoms with van der Waals surface area (Å²) >= 11 is 0. The van der Waals surface area contributed by atoms with E-state index in [4.69, 9.17) is 35.5 Å². The number of esters is 4. The first-order valence-corrected chi connectivity index (χ1v) is 19.0. The van der Waals surface area contributed by atoms with E-state index < -0.39 is 0 Å². The first-order valence-electron chi connectivity index (χ1n) is 19.0. The number of carbonyl (C=O) groups excluding carboxylic acids is 4. The van der Waals surface area contributed by atoms with Crippen molar-refractivity contribution in [2.24, 2.45) is 11.5 Å². The maximum absolute atomic E-state index is 12.3. The highest BCUT2D eigenvalue weighted by Gasteiger charge is 2.13. The molecule has 0 aromatic heterocycles. The van der Waals surface area contributed by atoms with Crippen molar-refractivity contribution in [1.29, 1.82) is 0 Å². The van der Waals surface area contributed by atoms with Gasteiger partial charge in [0.25, 0.3) is 0 Å². The molecule has 0 aromatic rings. The number of nitrogens with zero attached hydrogens (tertiary/aromatic N) is 1. The molecule has 0 aliphatic rings. The molecule has 0 aliphatic carbocycles. The fourth-order valence-corrected chi connectivity index (χ4v) is 4.97. The summed E-state index contributed by atoms with van der Waals surface area (Å²) in [4.78, 5) is 50.3. The lowest BCUT2D eigenvalue weighted by atomic mass is 10.2. The Balaban J connectivity index is 3.96. The van der Waals surface area contributed by atoms with Crippen molar-refractivity contribution in [1.82, 2.24) is 15.5 Å². The largest absolute Gasteiger partial charge is 0.466 e. The van der Waals surface area contributed by atoms with E-state index in [0.717, 1.165) is 44.9 Å². The SMILES string of the molecule is CC(CCCN)NCCC(=O)OCCCCCOC(=O)CCN(CCCCO)CCC(=O)OCCCCCOC(=O)CCNC(C)CCCN. The molecule has 0 bridgehead atoms. The Bertz CT molecular complexity index is 791. The minimum absolute atomic E-state index is 0.0918. The normalized spacial score (nSPS) is 12.4. The predicted molar refractivity (Wildman–Crippen MR) is 194 cm³/mol. The minimum Gasteiger partial charge on any atom is -0.466 e. The van der Waals surface area contributed by atoms with Crippen molar-refractivity contribution >= 4 is 23.9 Å². The van der Waals surface area contributed by atoms with Crippen LogP contribution in [-0.4, -0.2) is 125 Å². The van der Waals surface area contributed by atoms with Crippen LogP contribution in [0, 0.1) is 0 Å². The third-order valence-corrected chi connectivity index (χ3v) is 8.10. The first kappa shape index (κ1) is 47.6. The van der Waals surface area contributed by atoms with Gasteiger partial charge >= 0.3 is 23.9 Å². The molecular formula is C36H71N5O9. The molecule has 0 spiro atoms. The molecule has 0 saturated heterocycles. The smallest absolute Gasteiger partial charge is 0.307 e. The van der Waals surface area contributed by atoms with E-state index in [1.807, 2.05) is 4.90 Å². The zero-order chi connectivity index (χ0) is 37.1. The van der Waals surface area contributed by atoms with E-state index in [-0.39, 0.29) is 43.3 Å². The van der Waals surface area contributed by atoms with Gasteiger partial charge in [-0.25, -0.2) is 0 Å². The summed E-state index contributed by atoms with van der Waals surface area (Å²) in [6.45, 7) is 9.64. The summed E-state index contributed by atoms with van der Waals surface area (Å²) in [6.07, 6.45) is 10.7. The van der Waals surface area contributed by atoms with Crippen molar-refractivity contribution in [2.45, 2.75) is 129 Å². The predicted octanol–water partition coefficient (Wildman–Crippen LogP) is 2.57. The lowest BCUT2D eigenvalue weighted by Crippen LogP contribution is -2.31. The van der Waals surface area contributed by atoms with Crippen molar-refractivity contribution in [3.8, 4) is 0 Å². The third kappa shape index (κ3) is 32.8. The van der Waals surface area contributed by atoms with Crippen molar-refractivity contribution in [3.05, 3.63) is 0 Å². The van der Waals surface area contributed by atoms with E-state index in [2.05, 4.69) is 24.5 Å². The molecule has 0 aromatic carbocycles. The second kappa shape index (κ2) is 35.1. The minimum atomic E-state index is -0.297. The standard InChI is InChI=1S/C36H71N5O9/c1-31(13-11-19-37)39-21-15-33(43)47-27-7-3-9-29-49-35(45)17-24-41(23-5-6-26-42)25-18-36(46)50-30-10-4-8-28-48-34(44)16-22-40-32(2)14-12-20-38/h31-32,39-40,42H,3-30,37-38H2,1-2H3. The summed E-state index contributed by atoms with van der Waals surface area (Å²) in [5.41, 5.74) is 11.0. The number of carbonyl (C=O) groups is 4. The molecule has 7 N–H and O–H groups in total. The number of nitrogens with one attached hydrogen (secondary N) is 2. The van der Waals surface area contributed by atoms with E-state index >= 15 is 0 Å². The van der Waals surface area contributed by atoms with Crippen LogP contribution in [0.1, 0.15) is 117 Å². The number of ether oxygens (including phenoxy) is 4. The van der Waals surface area contributed by atoms with Crippen LogP contribution in [0.2, 0.25) is 0 Å². The number of hydrogen-bond acceptors (Lipinski definition) is 14. The van der Waals surface area contributed by atoms with Crippen molar-refractivity contribution in [3.63, 3.8) is 0 Å². The summed E-state index contributed by atoms with van der Waals surface area (Å²) in [5.74, 6) is -1.03. The lowest BCUT2D eigenvalue weighted by molar-refractivity contribution is -0.145. The molecule has 2 unspecified atom stereocenters. The van der Waals surface area contributed by atoms with Crippen LogP contribution in [0.5, 0.6) is 0 Å². The molecule has 14 heteroatoms. The van der Waals surface area contributed by atoms with Crippen molar-refractivity contribution in [2.75, 3.05) is 78.8 Å². The van der Waals surface area contributed by atoms with Crippen molar-refractivity contribution < 1.29 is 43.2 Å². The third-order valence-electron chi connectivity index (χ3n) is 8.10. The summed E-state index contributed by atoms with van der Waals surface area (Å²) in [6, 6.07) is 0.650. The Labute approximate surface area is 301 Å². The van der Waals surface area contributed by atoms with E-state index in [1.165, 1.54) is 0 Å². The molecule has 0 saturated carbocycles. The molecule has 14 nitrogen and oxygen atoms in total. The van der Waals surface area contributed by atoms with Gasteiger partial charge in [0.05, 0.1) is 52.1 Å². The van der Waals surface area contributed by atoms with Crippen LogP contribution in [0.4, 0.5) is 0 Å². The van der Waals surface area contributed by atoms with Gasteiger partial charge in [0.15, 0.2) is 0 Å². The first-order chi connectivity index (χ1) is 24.2. The zero-order valence-electron chi connectivity index (χ0n) is 31.3.